The first-order valence-corrected chi connectivity index (χ1v) is 6.68. The minimum Gasteiger partial charge on any atom is -0.390 e. The highest BCUT2D eigenvalue weighted by Gasteiger charge is 2.43. The van der Waals surface area contributed by atoms with Gasteiger partial charge in [-0.2, -0.15) is 0 Å². The molecule has 0 spiro atoms. The quantitative estimate of drug-likeness (QED) is 0.786. The largest absolute Gasteiger partial charge is 0.390 e. The van der Waals surface area contributed by atoms with Gasteiger partial charge in [-0.1, -0.05) is 15.9 Å². The first kappa shape index (κ1) is 10.9. The van der Waals surface area contributed by atoms with E-state index in [1.54, 1.807) is 0 Å². The van der Waals surface area contributed by atoms with Crippen molar-refractivity contribution in [1.29, 1.82) is 0 Å². The van der Waals surface area contributed by atoms with Gasteiger partial charge in [-0.15, -0.1) is 0 Å². The molecule has 1 heterocycles. The SMILES string of the molecule is CC1(O)CCN(CC2(CBr)CC2)CC1. The van der Waals surface area contributed by atoms with Crippen LogP contribution in [0.1, 0.15) is 32.6 Å². The lowest BCUT2D eigenvalue weighted by Crippen LogP contribution is -2.44. The summed E-state index contributed by atoms with van der Waals surface area (Å²) in [6.07, 6.45) is 4.63. The summed E-state index contributed by atoms with van der Waals surface area (Å²) in [4.78, 5) is 2.52. The van der Waals surface area contributed by atoms with E-state index >= 15 is 0 Å². The van der Waals surface area contributed by atoms with Crippen LogP contribution in [0.4, 0.5) is 0 Å². The minimum absolute atomic E-state index is 0.401. The van der Waals surface area contributed by atoms with Crippen LogP contribution in [0.3, 0.4) is 0 Å². The molecule has 0 amide bonds. The maximum absolute atomic E-state index is 9.83. The standard InChI is InChI=1S/C11H20BrNO/c1-10(14)4-6-13(7-5-10)9-11(8-12)2-3-11/h14H,2-9H2,1H3. The van der Waals surface area contributed by atoms with Crippen LogP contribution in [0.2, 0.25) is 0 Å². The number of likely N-dealkylation sites (tertiary alicyclic amines) is 1. The summed E-state index contributed by atoms with van der Waals surface area (Å²) < 4.78 is 0. The number of aliphatic hydroxyl groups is 1. The minimum atomic E-state index is -0.401. The molecule has 14 heavy (non-hydrogen) atoms. The van der Waals surface area contributed by atoms with Gasteiger partial charge in [0.25, 0.3) is 0 Å². The Labute approximate surface area is 94.8 Å². The summed E-state index contributed by atoms with van der Waals surface area (Å²) >= 11 is 3.61. The molecule has 0 radical (unpaired) electrons. The molecule has 3 heteroatoms. The lowest BCUT2D eigenvalue weighted by atomic mass is 9.93. The van der Waals surface area contributed by atoms with E-state index < -0.39 is 5.60 Å². The molecule has 2 aliphatic rings. The number of hydrogen-bond acceptors (Lipinski definition) is 2. The molecule has 1 N–H and O–H groups in total. The van der Waals surface area contributed by atoms with Crippen LogP contribution in [0.5, 0.6) is 0 Å². The normalized spacial score (nSPS) is 30.2. The zero-order valence-electron chi connectivity index (χ0n) is 8.93. The summed E-state index contributed by atoms with van der Waals surface area (Å²) in [5.74, 6) is 0. The molecule has 0 atom stereocenters. The van der Waals surface area contributed by atoms with Gasteiger partial charge in [-0.05, 0) is 38.0 Å². The van der Waals surface area contributed by atoms with Gasteiger partial charge in [0.2, 0.25) is 0 Å². The summed E-state index contributed by atoms with van der Waals surface area (Å²) in [6.45, 7) is 5.33. The van der Waals surface area contributed by atoms with Crippen molar-refractivity contribution in [1.82, 2.24) is 4.90 Å². The van der Waals surface area contributed by atoms with E-state index in [0.717, 1.165) is 31.3 Å². The predicted octanol–water partition coefficient (Wildman–Crippen LogP) is 2.01. The number of nitrogens with zero attached hydrogens (tertiary/aromatic N) is 1. The van der Waals surface area contributed by atoms with Crippen molar-refractivity contribution >= 4 is 15.9 Å². The first-order chi connectivity index (χ1) is 6.55. The highest BCUT2D eigenvalue weighted by molar-refractivity contribution is 9.09. The summed E-state index contributed by atoms with van der Waals surface area (Å²) in [6, 6.07) is 0. The Kier molecular flexibility index (Phi) is 2.93. The fourth-order valence-corrected chi connectivity index (χ4v) is 2.92. The summed E-state index contributed by atoms with van der Waals surface area (Å²) in [5.41, 5.74) is 0.185. The highest BCUT2D eigenvalue weighted by Crippen LogP contribution is 2.48. The number of halogens is 1. The maximum Gasteiger partial charge on any atom is 0.0644 e. The van der Waals surface area contributed by atoms with Crippen LogP contribution in [-0.2, 0) is 0 Å². The van der Waals surface area contributed by atoms with Crippen molar-refractivity contribution in [3.63, 3.8) is 0 Å². The van der Waals surface area contributed by atoms with Gasteiger partial charge in [0.15, 0.2) is 0 Å². The molecule has 82 valence electrons. The van der Waals surface area contributed by atoms with Crippen molar-refractivity contribution in [3.05, 3.63) is 0 Å². The second-order valence-electron chi connectivity index (χ2n) is 5.41. The van der Waals surface area contributed by atoms with Crippen molar-refractivity contribution in [3.8, 4) is 0 Å². The van der Waals surface area contributed by atoms with Gasteiger partial charge in [0.05, 0.1) is 5.60 Å². The number of hydrogen-bond donors (Lipinski definition) is 1. The average Bonchev–Trinajstić information content (AvgIpc) is 2.90. The van der Waals surface area contributed by atoms with Gasteiger partial charge in [-0.25, -0.2) is 0 Å². The third-order valence-electron chi connectivity index (χ3n) is 3.73. The van der Waals surface area contributed by atoms with Gasteiger partial charge >= 0.3 is 0 Å². The van der Waals surface area contributed by atoms with Gasteiger partial charge in [0.1, 0.15) is 0 Å². The molecule has 0 unspecified atom stereocenters. The van der Waals surface area contributed by atoms with Crippen molar-refractivity contribution in [2.75, 3.05) is 25.0 Å². The van der Waals surface area contributed by atoms with Crippen LogP contribution < -0.4 is 0 Å². The number of rotatable bonds is 3. The Balaban J connectivity index is 1.79. The zero-order chi connectivity index (χ0) is 10.2. The Morgan fingerprint density at radius 2 is 1.79 bits per heavy atom. The highest BCUT2D eigenvalue weighted by atomic mass is 79.9. The molecule has 2 rings (SSSR count). The second kappa shape index (κ2) is 3.76. The molecule has 1 saturated heterocycles. The van der Waals surface area contributed by atoms with E-state index in [0.29, 0.717) is 5.41 Å². The molecule has 0 aromatic rings. The monoisotopic (exact) mass is 261 g/mol. The molecule has 0 bridgehead atoms. The van der Waals surface area contributed by atoms with Crippen LogP contribution in [-0.4, -0.2) is 40.6 Å². The van der Waals surface area contributed by atoms with Gasteiger partial charge in [0, 0.05) is 25.0 Å². The second-order valence-corrected chi connectivity index (χ2v) is 5.97. The molecule has 0 aromatic carbocycles. The molecule has 1 aliphatic carbocycles. The van der Waals surface area contributed by atoms with E-state index in [9.17, 15) is 5.11 Å². The first-order valence-electron chi connectivity index (χ1n) is 5.56. The van der Waals surface area contributed by atoms with E-state index in [-0.39, 0.29) is 0 Å². The maximum atomic E-state index is 9.83. The molecular weight excluding hydrogens is 242 g/mol. The molecule has 2 fully saturated rings. The summed E-state index contributed by atoms with van der Waals surface area (Å²) in [5, 5.41) is 11.0. The Bertz CT molecular complexity index is 203. The van der Waals surface area contributed by atoms with E-state index in [1.807, 2.05) is 6.92 Å². The molecule has 2 nitrogen and oxygen atoms in total. The lowest BCUT2D eigenvalue weighted by Gasteiger charge is -2.37. The van der Waals surface area contributed by atoms with Crippen molar-refractivity contribution in [2.24, 2.45) is 5.41 Å². The number of piperidine rings is 1. The van der Waals surface area contributed by atoms with E-state index in [2.05, 4.69) is 20.8 Å². The Morgan fingerprint density at radius 1 is 1.21 bits per heavy atom. The number of alkyl halides is 1. The Morgan fingerprint density at radius 3 is 2.21 bits per heavy atom. The Hall–Kier alpha value is 0.400. The molecule has 1 saturated carbocycles. The van der Waals surface area contributed by atoms with E-state index in [4.69, 9.17) is 0 Å². The van der Waals surface area contributed by atoms with Crippen molar-refractivity contribution < 1.29 is 5.11 Å². The third-order valence-corrected chi connectivity index (χ3v) is 4.92. The van der Waals surface area contributed by atoms with E-state index in [1.165, 1.54) is 19.4 Å². The fourth-order valence-electron chi connectivity index (χ4n) is 2.18. The molecular formula is C11H20BrNO. The van der Waals surface area contributed by atoms with Crippen LogP contribution >= 0.6 is 15.9 Å². The van der Waals surface area contributed by atoms with Crippen LogP contribution in [0, 0.1) is 5.41 Å². The van der Waals surface area contributed by atoms with Gasteiger partial charge < -0.3 is 10.0 Å². The fraction of sp³-hybridized carbons (Fsp3) is 1.00. The topological polar surface area (TPSA) is 23.5 Å². The zero-order valence-corrected chi connectivity index (χ0v) is 10.5. The lowest BCUT2D eigenvalue weighted by molar-refractivity contribution is -0.00901. The van der Waals surface area contributed by atoms with Crippen LogP contribution in [0.25, 0.3) is 0 Å². The molecule has 0 aromatic heterocycles. The third kappa shape index (κ3) is 2.50. The predicted molar refractivity (Wildman–Crippen MR) is 61.8 cm³/mol. The molecule has 1 aliphatic heterocycles. The van der Waals surface area contributed by atoms with Crippen molar-refractivity contribution in [2.45, 2.75) is 38.2 Å². The van der Waals surface area contributed by atoms with Crippen LogP contribution in [0.15, 0.2) is 0 Å². The average molecular weight is 262 g/mol. The smallest absolute Gasteiger partial charge is 0.0644 e. The van der Waals surface area contributed by atoms with Gasteiger partial charge in [-0.3, -0.25) is 0 Å². The summed E-state index contributed by atoms with van der Waals surface area (Å²) in [7, 11) is 0.